The summed E-state index contributed by atoms with van der Waals surface area (Å²) >= 11 is 1.67. The van der Waals surface area contributed by atoms with Crippen molar-refractivity contribution in [3.05, 3.63) is 41.8 Å². The van der Waals surface area contributed by atoms with Gasteiger partial charge >= 0.3 is 0 Å². The van der Waals surface area contributed by atoms with E-state index in [1.807, 2.05) is 24.3 Å². The molecule has 2 aromatic rings. The number of hydrogen-bond donors (Lipinski definition) is 1. The molecule has 1 amide bonds. The van der Waals surface area contributed by atoms with Crippen LogP contribution in [0.5, 0.6) is 0 Å². The quantitative estimate of drug-likeness (QED) is 0.830. The standard InChI is InChI=1S/C20H23N3O2S/c24-19(16-4-2-1-3-5-16)21-17-8-6-15(7-9-17)18-14-26-20(22-18)23-10-12-25-13-11-23/h1-2,6-9,14,16H,3-5,10-13H2,(H,21,24). The zero-order valence-corrected chi connectivity index (χ0v) is 15.5. The number of rotatable bonds is 4. The molecule has 0 bridgehead atoms. The fourth-order valence-corrected chi connectivity index (χ4v) is 4.19. The molecule has 6 heteroatoms. The van der Waals surface area contributed by atoms with Crippen LogP contribution in [0.15, 0.2) is 41.8 Å². The molecular weight excluding hydrogens is 346 g/mol. The summed E-state index contributed by atoms with van der Waals surface area (Å²) in [5.41, 5.74) is 2.89. The van der Waals surface area contributed by atoms with Gasteiger partial charge in [-0.15, -0.1) is 11.3 Å². The Hall–Kier alpha value is -2.18. The van der Waals surface area contributed by atoms with E-state index in [-0.39, 0.29) is 11.8 Å². The van der Waals surface area contributed by atoms with Crippen molar-refractivity contribution in [1.82, 2.24) is 4.98 Å². The number of nitrogens with one attached hydrogen (secondary N) is 1. The lowest BCUT2D eigenvalue weighted by molar-refractivity contribution is -0.120. The second kappa shape index (κ2) is 8.01. The summed E-state index contributed by atoms with van der Waals surface area (Å²) in [7, 11) is 0. The number of hydrogen-bond acceptors (Lipinski definition) is 5. The Morgan fingerprint density at radius 3 is 2.73 bits per heavy atom. The minimum atomic E-state index is 0.0919. The Balaban J connectivity index is 1.40. The third-order valence-corrected chi connectivity index (χ3v) is 5.76. The number of ether oxygens (including phenoxy) is 1. The fourth-order valence-electron chi connectivity index (χ4n) is 3.30. The van der Waals surface area contributed by atoms with Gasteiger partial charge in [-0.05, 0) is 31.4 Å². The van der Waals surface area contributed by atoms with E-state index in [9.17, 15) is 4.79 Å². The smallest absolute Gasteiger partial charge is 0.227 e. The van der Waals surface area contributed by atoms with Crippen LogP contribution >= 0.6 is 11.3 Å². The van der Waals surface area contributed by atoms with Gasteiger partial charge < -0.3 is 15.0 Å². The maximum atomic E-state index is 12.3. The first kappa shape index (κ1) is 17.2. The Bertz CT molecular complexity index is 779. The second-order valence-corrected chi connectivity index (χ2v) is 7.50. The van der Waals surface area contributed by atoms with E-state index in [4.69, 9.17) is 9.72 Å². The van der Waals surface area contributed by atoms with Crippen molar-refractivity contribution in [2.45, 2.75) is 19.3 Å². The Labute approximate surface area is 157 Å². The number of thiazole rings is 1. The Kier molecular flexibility index (Phi) is 5.32. The predicted octanol–water partition coefficient (Wildman–Crippen LogP) is 3.94. The Morgan fingerprint density at radius 1 is 1.19 bits per heavy atom. The summed E-state index contributed by atoms with van der Waals surface area (Å²) in [6, 6.07) is 7.96. The van der Waals surface area contributed by atoms with E-state index >= 15 is 0 Å². The molecule has 1 N–H and O–H groups in total. The van der Waals surface area contributed by atoms with Gasteiger partial charge in [-0.1, -0.05) is 24.3 Å². The van der Waals surface area contributed by atoms with Gasteiger partial charge in [0, 0.05) is 35.6 Å². The van der Waals surface area contributed by atoms with Crippen LogP contribution in [0.1, 0.15) is 19.3 Å². The molecule has 1 aliphatic heterocycles. The van der Waals surface area contributed by atoms with Gasteiger partial charge in [0.15, 0.2) is 5.13 Å². The van der Waals surface area contributed by atoms with Crippen LogP contribution < -0.4 is 10.2 Å². The topological polar surface area (TPSA) is 54.5 Å². The zero-order valence-electron chi connectivity index (χ0n) is 14.7. The van der Waals surface area contributed by atoms with Crippen LogP contribution in [-0.2, 0) is 9.53 Å². The van der Waals surface area contributed by atoms with Crippen LogP contribution in [0.2, 0.25) is 0 Å². The molecule has 1 fully saturated rings. The molecular formula is C20H23N3O2S. The SMILES string of the molecule is O=C(Nc1ccc(-c2csc(N3CCOCC3)n2)cc1)C1CC=CCC1. The number of amides is 1. The molecule has 0 radical (unpaired) electrons. The maximum Gasteiger partial charge on any atom is 0.227 e. The summed E-state index contributed by atoms with van der Waals surface area (Å²) in [5, 5.41) is 6.17. The largest absolute Gasteiger partial charge is 0.378 e. The van der Waals surface area contributed by atoms with Gasteiger partial charge in [-0.2, -0.15) is 0 Å². The molecule has 1 aliphatic carbocycles. The van der Waals surface area contributed by atoms with Crippen LogP contribution in [0.4, 0.5) is 10.8 Å². The molecule has 0 saturated carbocycles. The van der Waals surface area contributed by atoms with Gasteiger partial charge in [0.25, 0.3) is 0 Å². The summed E-state index contributed by atoms with van der Waals surface area (Å²) in [6.07, 6.45) is 7.02. The number of anilines is 2. The van der Waals surface area contributed by atoms with Crippen LogP contribution in [-0.4, -0.2) is 37.2 Å². The number of benzene rings is 1. The minimum absolute atomic E-state index is 0.0919. The molecule has 1 aromatic heterocycles. The highest BCUT2D eigenvalue weighted by atomic mass is 32.1. The summed E-state index contributed by atoms with van der Waals surface area (Å²) < 4.78 is 5.40. The number of allylic oxidation sites excluding steroid dienone is 2. The van der Waals surface area contributed by atoms with E-state index in [0.29, 0.717) is 0 Å². The highest BCUT2D eigenvalue weighted by Gasteiger charge is 2.19. The van der Waals surface area contributed by atoms with Crippen LogP contribution in [0, 0.1) is 5.92 Å². The maximum absolute atomic E-state index is 12.3. The third kappa shape index (κ3) is 3.97. The fraction of sp³-hybridized carbons (Fsp3) is 0.400. The van der Waals surface area contributed by atoms with Crippen molar-refractivity contribution in [2.24, 2.45) is 5.92 Å². The van der Waals surface area contributed by atoms with Gasteiger partial charge in [0.2, 0.25) is 5.91 Å². The lowest BCUT2D eigenvalue weighted by atomic mass is 9.93. The van der Waals surface area contributed by atoms with Gasteiger partial charge in [-0.25, -0.2) is 4.98 Å². The normalized spacial score (nSPS) is 20.2. The first-order chi connectivity index (χ1) is 12.8. The van der Waals surface area contributed by atoms with Crippen molar-refractivity contribution in [1.29, 1.82) is 0 Å². The number of aromatic nitrogens is 1. The first-order valence-electron chi connectivity index (χ1n) is 9.14. The highest BCUT2D eigenvalue weighted by Crippen LogP contribution is 2.29. The zero-order chi connectivity index (χ0) is 17.8. The molecule has 26 heavy (non-hydrogen) atoms. The predicted molar refractivity (Wildman–Crippen MR) is 106 cm³/mol. The van der Waals surface area contributed by atoms with Crippen molar-refractivity contribution in [3.63, 3.8) is 0 Å². The summed E-state index contributed by atoms with van der Waals surface area (Å²) in [4.78, 5) is 19.4. The molecule has 1 unspecified atom stereocenters. The van der Waals surface area contributed by atoms with E-state index in [2.05, 4.69) is 27.7 Å². The van der Waals surface area contributed by atoms with E-state index in [0.717, 1.165) is 67.6 Å². The molecule has 2 heterocycles. The molecule has 4 rings (SSSR count). The number of carbonyl (C=O) groups excluding carboxylic acids is 1. The van der Waals surface area contributed by atoms with E-state index in [1.165, 1.54) is 0 Å². The van der Waals surface area contributed by atoms with Crippen molar-refractivity contribution in [3.8, 4) is 11.3 Å². The molecule has 1 atom stereocenters. The van der Waals surface area contributed by atoms with Crippen molar-refractivity contribution in [2.75, 3.05) is 36.5 Å². The molecule has 2 aliphatic rings. The highest BCUT2D eigenvalue weighted by molar-refractivity contribution is 7.14. The molecule has 0 spiro atoms. The van der Waals surface area contributed by atoms with Crippen LogP contribution in [0.25, 0.3) is 11.3 Å². The second-order valence-electron chi connectivity index (χ2n) is 6.66. The van der Waals surface area contributed by atoms with E-state index in [1.54, 1.807) is 11.3 Å². The van der Waals surface area contributed by atoms with E-state index < -0.39 is 0 Å². The number of morpholine rings is 1. The Morgan fingerprint density at radius 2 is 2.00 bits per heavy atom. The third-order valence-electron chi connectivity index (χ3n) is 4.86. The number of carbonyl (C=O) groups is 1. The average Bonchev–Trinajstić information content (AvgIpc) is 3.20. The average molecular weight is 369 g/mol. The summed E-state index contributed by atoms with van der Waals surface area (Å²) in [5.74, 6) is 0.208. The lowest BCUT2D eigenvalue weighted by Gasteiger charge is -2.26. The first-order valence-corrected chi connectivity index (χ1v) is 10.0. The van der Waals surface area contributed by atoms with Crippen LogP contribution in [0.3, 0.4) is 0 Å². The summed E-state index contributed by atoms with van der Waals surface area (Å²) in [6.45, 7) is 3.32. The van der Waals surface area contributed by atoms with Crippen molar-refractivity contribution < 1.29 is 9.53 Å². The molecule has 136 valence electrons. The molecule has 5 nitrogen and oxygen atoms in total. The van der Waals surface area contributed by atoms with Gasteiger partial charge in [-0.3, -0.25) is 4.79 Å². The minimum Gasteiger partial charge on any atom is -0.378 e. The molecule has 1 aromatic carbocycles. The monoisotopic (exact) mass is 369 g/mol. The lowest BCUT2D eigenvalue weighted by Crippen LogP contribution is -2.36. The number of nitrogens with zero attached hydrogens (tertiary/aromatic N) is 2. The van der Waals surface area contributed by atoms with Gasteiger partial charge in [0.05, 0.1) is 18.9 Å². The van der Waals surface area contributed by atoms with Crippen molar-refractivity contribution >= 4 is 28.1 Å². The molecule has 1 saturated heterocycles. The van der Waals surface area contributed by atoms with Gasteiger partial charge in [0.1, 0.15) is 0 Å².